The molecule has 2 aromatic carbocycles. The number of rotatable bonds is 2. The van der Waals surface area contributed by atoms with Crippen molar-refractivity contribution in [3.63, 3.8) is 0 Å². The number of pyridine rings is 1. The molecule has 0 bridgehead atoms. The Morgan fingerprint density at radius 1 is 0.917 bits per heavy atom. The van der Waals surface area contributed by atoms with Crippen molar-refractivity contribution in [2.75, 3.05) is 18.7 Å². The van der Waals surface area contributed by atoms with Gasteiger partial charge < -0.3 is 14.8 Å². The van der Waals surface area contributed by atoms with Crippen LogP contribution in [0.15, 0.2) is 60.8 Å². The van der Waals surface area contributed by atoms with E-state index in [1.54, 1.807) is 0 Å². The molecule has 0 saturated heterocycles. The van der Waals surface area contributed by atoms with E-state index in [-0.39, 0.29) is 0 Å². The Hall–Kier alpha value is -3.01. The van der Waals surface area contributed by atoms with Gasteiger partial charge in [-0.25, -0.2) is 4.98 Å². The fourth-order valence-corrected chi connectivity index (χ4v) is 3.42. The van der Waals surface area contributed by atoms with Gasteiger partial charge in [0.15, 0.2) is 11.5 Å². The number of hydrogen-bond acceptors (Lipinski definition) is 4. The lowest BCUT2D eigenvalue weighted by Crippen LogP contribution is -2.03. The summed E-state index contributed by atoms with van der Waals surface area (Å²) in [5.41, 5.74) is 4.75. The largest absolute Gasteiger partial charge is 0.454 e. The number of fused-ring (bicyclic) bond motifs is 2. The fourth-order valence-electron chi connectivity index (χ4n) is 3.42. The Labute approximate surface area is 140 Å². The monoisotopic (exact) mass is 316 g/mol. The van der Waals surface area contributed by atoms with Crippen LogP contribution in [0.4, 0.5) is 5.82 Å². The van der Waals surface area contributed by atoms with Crippen LogP contribution in [0.2, 0.25) is 0 Å². The molecule has 5 rings (SSSR count). The summed E-state index contributed by atoms with van der Waals surface area (Å²) in [6.07, 6.45) is 1.91. The van der Waals surface area contributed by atoms with Gasteiger partial charge in [-0.05, 0) is 29.3 Å². The Morgan fingerprint density at radius 3 is 2.71 bits per heavy atom. The minimum atomic E-state index is 0.293. The summed E-state index contributed by atoms with van der Waals surface area (Å²) in [6.45, 7) is 1.18. The van der Waals surface area contributed by atoms with Gasteiger partial charge in [-0.15, -0.1) is 0 Å². The first-order valence-corrected chi connectivity index (χ1v) is 8.07. The summed E-state index contributed by atoms with van der Waals surface area (Å²) in [7, 11) is 0. The van der Waals surface area contributed by atoms with Crippen molar-refractivity contribution >= 4 is 5.82 Å². The summed E-state index contributed by atoms with van der Waals surface area (Å²) in [4.78, 5) is 4.62. The maximum atomic E-state index is 5.49. The molecular formula is C20H16N2O2. The Morgan fingerprint density at radius 2 is 1.79 bits per heavy atom. The number of ether oxygens (including phenoxy) is 2. The standard InChI is InChI=1S/C20H16N2O2/c1-2-4-13(5-3-1)17-11-22-20-16(17)8-15(10-21-20)14-6-7-18-19(9-14)24-12-23-18/h1-10,17H,11-12H2,(H,21,22). The Bertz CT molecular complexity index is 909. The van der Waals surface area contributed by atoms with Crippen LogP contribution in [0.5, 0.6) is 11.5 Å². The average Bonchev–Trinajstić information content (AvgIpc) is 3.28. The number of aromatic nitrogens is 1. The molecule has 1 N–H and O–H groups in total. The van der Waals surface area contributed by atoms with Crippen LogP contribution in [0.1, 0.15) is 17.0 Å². The molecule has 1 aromatic heterocycles. The van der Waals surface area contributed by atoms with E-state index in [9.17, 15) is 0 Å². The summed E-state index contributed by atoms with van der Waals surface area (Å²) < 4.78 is 10.9. The highest BCUT2D eigenvalue weighted by molar-refractivity contribution is 5.71. The molecule has 3 aromatic rings. The topological polar surface area (TPSA) is 43.4 Å². The second-order valence-corrected chi connectivity index (χ2v) is 6.07. The van der Waals surface area contributed by atoms with Crippen LogP contribution >= 0.6 is 0 Å². The van der Waals surface area contributed by atoms with E-state index in [1.165, 1.54) is 11.1 Å². The first-order chi connectivity index (χ1) is 11.9. The number of anilines is 1. The zero-order valence-electron chi connectivity index (χ0n) is 13.0. The molecule has 1 unspecified atom stereocenters. The predicted molar refractivity (Wildman–Crippen MR) is 92.6 cm³/mol. The van der Waals surface area contributed by atoms with Gasteiger partial charge in [0, 0.05) is 29.8 Å². The van der Waals surface area contributed by atoms with Crippen LogP contribution in [-0.4, -0.2) is 18.3 Å². The van der Waals surface area contributed by atoms with E-state index < -0.39 is 0 Å². The minimum absolute atomic E-state index is 0.293. The lowest BCUT2D eigenvalue weighted by molar-refractivity contribution is 0.174. The van der Waals surface area contributed by atoms with Gasteiger partial charge in [-0.2, -0.15) is 0 Å². The quantitative estimate of drug-likeness (QED) is 0.775. The molecule has 24 heavy (non-hydrogen) atoms. The van der Waals surface area contributed by atoms with E-state index >= 15 is 0 Å². The van der Waals surface area contributed by atoms with Gasteiger partial charge in [-0.3, -0.25) is 0 Å². The highest BCUT2D eigenvalue weighted by atomic mass is 16.7. The molecule has 0 saturated carbocycles. The van der Waals surface area contributed by atoms with E-state index in [1.807, 2.05) is 24.4 Å². The van der Waals surface area contributed by atoms with Crippen LogP contribution < -0.4 is 14.8 Å². The summed E-state index contributed by atoms with van der Waals surface area (Å²) >= 11 is 0. The Balaban J connectivity index is 1.56. The molecule has 2 aliphatic rings. The van der Waals surface area contributed by atoms with Gasteiger partial charge in [0.1, 0.15) is 5.82 Å². The van der Waals surface area contributed by atoms with Crippen LogP contribution in [0.3, 0.4) is 0 Å². The van der Waals surface area contributed by atoms with Gasteiger partial charge >= 0.3 is 0 Å². The number of nitrogens with one attached hydrogen (secondary N) is 1. The fraction of sp³-hybridized carbons (Fsp3) is 0.150. The average molecular weight is 316 g/mol. The maximum Gasteiger partial charge on any atom is 0.231 e. The SMILES string of the molecule is c1ccc(C2CNc3ncc(-c4ccc5c(c4)OCO5)cc32)cc1. The van der Waals surface area contributed by atoms with Gasteiger partial charge in [-0.1, -0.05) is 36.4 Å². The molecule has 0 fully saturated rings. The van der Waals surface area contributed by atoms with E-state index in [2.05, 4.69) is 46.7 Å². The van der Waals surface area contributed by atoms with Gasteiger partial charge in [0.25, 0.3) is 0 Å². The second kappa shape index (κ2) is 5.27. The molecule has 0 radical (unpaired) electrons. The second-order valence-electron chi connectivity index (χ2n) is 6.07. The smallest absolute Gasteiger partial charge is 0.231 e. The third-order valence-corrected chi connectivity index (χ3v) is 4.67. The molecule has 3 heterocycles. The van der Waals surface area contributed by atoms with Gasteiger partial charge in [0.2, 0.25) is 6.79 Å². The molecule has 4 heteroatoms. The number of hydrogen-bond donors (Lipinski definition) is 1. The Kier molecular flexibility index (Phi) is 2.95. The zero-order chi connectivity index (χ0) is 15.9. The first kappa shape index (κ1) is 13.4. The molecule has 2 aliphatic heterocycles. The normalized spacial score (nSPS) is 17.4. The lowest BCUT2D eigenvalue weighted by atomic mass is 9.92. The third-order valence-electron chi connectivity index (χ3n) is 4.67. The zero-order valence-corrected chi connectivity index (χ0v) is 13.0. The predicted octanol–water partition coefficient (Wildman–Crippen LogP) is 4.03. The summed E-state index contributed by atoms with van der Waals surface area (Å²) in [5, 5.41) is 3.41. The van der Waals surface area contributed by atoms with Crippen molar-refractivity contribution < 1.29 is 9.47 Å². The highest BCUT2D eigenvalue weighted by Gasteiger charge is 2.25. The highest BCUT2D eigenvalue weighted by Crippen LogP contribution is 2.39. The number of benzene rings is 2. The van der Waals surface area contributed by atoms with Crippen molar-refractivity contribution in [1.29, 1.82) is 0 Å². The van der Waals surface area contributed by atoms with Crippen LogP contribution in [0, 0.1) is 0 Å². The van der Waals surface area contributed by atoms with Crippen molar-refractivity contribution in [1.82, 2.24) is 4.98 Å². The molecule has 0 aliphatic carbocycles. The maximum absolute atomic E-state index is 5.49. The molecule has 1 atom stereocenters. The molecule has 0 spiro atoms. The first-order valence-electron chi connectivity index (χ1n) is 8.07. The molecular weight excluding hydrogens is 300 g/mol. The minimum Gasteiger partial charge on any atom is -0.454 e. The van der Waals surface area contributed by atoms with Crippen LogP contribution in [0.25, 0.3) is 11.1 Å². The van der Waals surface area contributed by atoms with Crippen molar-refractivity contribution in [3.8, 4) is 22.6 Å². The summed E-state index contributed by atoms with van der Waals surface area (Å²) in [6, 6.07) is 18.8. The van der Waals surface area contributed by atoms with E-state index in [0.29, 0.717) is 12.7 Å². The molecule has 4 nitrogen and oxygen atoms in total. The van der Waals surface area contributed by atoms with Gasteiger partial charge in [0.05, 0.1) is 0 Å². The van der Waals surface area contributed by atoms with Crippen molar-refractivity contribution in [3.05, 3.63) is 71.9 Å². The number of nitrogens with zero attached hydrogens (tertiary/aromatic N) is 1. The van der Waals surface area contributed by atoms with Crippen molar-refractivity contribution in [2.24, 2.45) is 0 Å². The van der Waals surface area contributed by atoms with Crippen molar-refractivity contribution in [2.45, 2.75) is 5.92 Å². The molecule has 0 amide bonds. The third kappa shape index (κ3) is 2.11. The van der Waals surface area contributed by atoms with Crippen LogP contribution in [-0.2, 0) is 0 Å². The van der Waals surface area contributed by atoms with E-state index in [0.717, 1.165) is 35.0 Å². The van der Waals surface area contributed by atoms with E-state index in [4.69, 9.17) is 9.47 Å². The summed E-state index contributed by atoms with van der Waals surface area (Å²) in [5.74, 6) is 2.92. The molecule has 118 valence electrons. The lowest BCUT2D eigenvalue weighted by Gasteiger charge is -2.11.